The third kappa shape index (κ3) is 3.37. The first-order valence-corrected chi connectivity index (χ1v) is 8.45. The van der Waals surface area contributed by atoms with Crippen LogP contribution in [0.15, 0.2) is 41.8 Å². The van der Waals surface area contributed by atoms with Crippen LogP contribution in [0.3, 0.4) is 0 Å². The SMILES string of the molecule is O=C(c1cccs1)N1CCCN(C(=O)c2ccccc2O)CC1. The van der Waals surface area contributed by atoms with Crippen LogP contribution in [0.1, 0.15) is 26.5 Å². The predicted molar refractivity (Wildman–Crippen MR) is 88.8 cm³/mol. The van der Waals surface area contributed by atoms with Crippen LogP contribution in [-0.4, -0.2) is 52.9 Å². The van der Waals surface area contributed by atoms with Crippen molar-refractivity contribution in [1.29, 1.82) is 0 Å². The van der Waals surface area contributed by atoms with E-state index in [0.29, 0.717) is 31.7 Å². The van der Waals surface area contributed by atoms with Gasteiger partial charge in [-0.3, -0.25) is 9.59 Å². The quantitative estimate of drug-likeness (QED) is 0.920. The number of rotatable bonds is 2. The van der Waals surface area contributed by atoms with Crippen LogP contribution in [-0.2, 0) is 0 Å². The van der Waals surface area contributed by atoms with Crippen molar-refractivity contribution in [3.63, 3.8) is 0 Å². The van der Waals surface area contributed by atoms with E-state index in [1.807, 2.05) is 17.5 Å². The van der Waals surface area contributed by atoms with Gasteiger partial charge in [0.05, 0.1) is 10.4 Å². The molecular weight excluding hydrogens is 312 g/mol. The minimum absolute atomic E-state index is 0.00624. The molecule has 2 amide bonds. The number of hydrogen-bond donors (Lipinski definition) is 1. The molecule has 0 radical (unpaired) electrons. The maximum atomic E-state index is 12.5. The summed E-state index contributed by atoms with van der Waals surface area (Å²) in [6, 6.07) is 10.2. The molecule has 1 aliphatic rings. The number of thiophene rings is 1. The number of carbonyl (C=O) groups is 2. The zero-order valence-corrected chi connectivity index (χ0v) is 13.5. The summed E-state index contributed by atoms with van der Waals surface area (Å²) in [6.07, 6.45) is 0.733. The smallest absolute Gasteiger partial charge is 0.263 e. The average molecular weight is 330 g/mol. The highest BCUT2D eigenvalue weighted by Crippen LogP contribution is 2.19. The summed E-state index contributed by atoms with van der Waals surface area (Å²) in [5.41, 5.74) is 0.311. The van der Waals surface area contributed by atoms with Gasteiger partial charge in [0.1, 0.15) is 5.75 Å². The van der Waals surface area contributed by atoms with Crippen molar-refractivity contribution in [3.8, 4) is 5.75 Å². The van der Waals surface area contributed by atoms with Gasteiger partial charge in [-0.15, -0.1) is 11.3 Å². The molecule has 3 rings (SSSR count). The Hall–Kier alpha value is -2.34. The molecule has 2 aromatic rings. The van der Waals surface area contributed by atoms with Crippen LogP contribution in [0.4, 0.5) is 0 Å². The van der Waals surface area contributed by atoms with Gasteiger partial charge in [-0.25, -0.2) is 0 Å². The molecule has 1 aromatic heterocycles. The van der Waals surface area contributed by atoms with E-state index in [4.69, 9.17) is 0 Å². The second-order valence-electron chi connectivity index (χ2n) is 5.43. The van der Waals surface area contributed by atoms with Crippen LogP contribution >= 0.6 is 11.3 Å². The summed E-state index contributed by atoms with van der Waals surface area (Å²) in [7, 11) is 0. The third-order valence-corrected chi connectivity index (χ3v) is 4.79. The molecule has 0 unspecified atom stereocenters. The van der Waals surface area contributed by atoms with Gasteiger partial charge >= 0.3 is 0 Å². The lowest BCUT2D eigenvalue weighted by Gasteiger charge is -2.22. The highest BCUT2D eigenvalue weighted by Gasteiger charge is 2.24. The van der Waals surface area contributed by atoms with Crippen molar-refractivity contribution in [2.45, 2.75) is 6.42 Å². The molecule has 1 fully saturated rings. The molecule has 1 N–H and O–H groups in total. The normalized spacial score (nSPS) is 15.3. The van der Waals surface area contributed by atoms with Gasteiger partial charge in [0, 0.05) is 26.2 Å². The Bertz CT molecular complexity index is 700. The van der Waals surface area contributed by atoms with E-state index in [1.165, 1.54) is 17.4 Å². The zero-order chi connectivity index (χ0) is 16.2. The predicted octanol–water partition coefficient (Wildman–Crippen LogP) is 2.44. The highest BCUT2D eigenvalue weighted by molar-refractivity contribution is 7.12. The van der Waals surface area contributed by atoms with E-state index in [0.717, 1.165) is 11.3 Å². The van der Waals surface area contributed by atoms with Crippen molar-refractivity contribution in [1.82, 2.24) is 9.80 Å². The molecular formula is C17H18N2O3S. The summed E-state index contributed by atoms with van der Waals surface area (Å²) in [5.74, 6) is -0.168. The maximum Gasteiger partial charge on any atom is 0.263 e. The second-order valence-corrected chi connectivity index (χ2v) is 6.38. The molecule has 0 atom stereocenters. The molecule has 1 aliphatic heterocycles. The molecule has 23 heavy (non-hydrogen) atoms. The summed E-state index contributed by atoms with van der Waals surface area (Å²) >= 11 is 1.43. The fourth-order valence-electron chi connectivity index (χ4n) is 2.70. The number of carbonyl (C=O) groups excluding carboxylic acids is 2. The minimum Gasteiger partial charge on any atom is -0.507 e. The monoisotopic (exact) mass is 330 g/mol. The fraction of sp³-hybridized carbons (Fsp3) is 0.294. The van der Waals surface area contributed by atoms with Crippen LogP contribution in [0, 0.1) is 0 Å². The van der Waals surface area contributed by atoms with Crippen molar-refractivity contribution < 1.29 is 14.7 Å². The van der Waals surface area contributed by atoms with Gasteiger partial charge in [0.2, 0.25) is 0 Å². The number of phenolic OH excluding ortho intramolecular Hbond substituents is 1. The highest BCUT2D eigenvalue weighted by atomic mass is 32.1. The molecule has 0 spiro atoms. The molecule has 6 heteroatoms. The Labute approximate surface area is 138 Å². The van der Waals surface area contributed by atoms with Crippen LogP contribution in [0.25, 0.3) is 0 Å². The standard InChI is InChI=1S/C17H18N2O3S/c20-14-6-2-1-5-13(14)16(21)18-8-4-9-19(11-10-18)17(22)15-7-3-12-23-15/h1-3,5-7,12,20H,4,8-11H2. The van der Waals surface area contributed by atoms with Gasteiger partial charge in [-0.05, 0) is 30.0 Å². The van der Waals surface area contributed by atoms with E-state index < -0.39 is 0 Å². The zero-order valence-electron chi connectivity index (χ0n) is 12.6. The van der Waals surface area contributed by atoms with E-state index in [1.54, 1.807) is 28.0 Å². The molecule has 1 aromatic carbocycles. The number of amides is 2. The Kier molecular flexibility index (Phi) is 4.62. The van der Waals surface area contributed by atoms with E-state index >= 15 is 0 Å². The lowest BCUT2D eigenvalue weighted by molar-refractivity contribution is 0.0719. The number of aromatic hydroxyl groups is 1. The van der Waals surface area contributed by atoms with E-state index in [2.05, 4.69) is 0 Å². The van der Waals surface area contributed by atoms with E-state index in [-0.39, 0.29) is 17.6 Å². The van der Waals surface area contributed by atoms with Crippen molar-refractivity contribution >= 4 is 23.2 Å². The first-order chi connectivity index (χ1) is 11.2. The maximum absolute atomic E-state index is 12.5. The average Bonchev–Trinajstić information content (AvgIpc) is 2.98. The third-order valence-electron chi connectivity index (χ3n) is 3.94. The topological polar surface area (TPSA) is 60.9 Å². The van der Waals surface area contributed by atoms with E-state index in [9.17, 15) is 14.7 Å². The molecule has 0 aliphatic carbocycles. The molecule has 5 nitrogen and oxygen atoms in total. The van der Waals surface area contributed by atoms with Gasteiger partial charge < -0.3 is 14.9 Å². The molecule has 1 saturated heterocycles. The summed E-state index contributed by atoms with van der Waals surface area (Å²) in [6.45, 7) is 2.21. The first kappa shape index (κ1) is 15.6. The van der Waals surface area contributed by atoms with Gasteiger partial charge in [-0.1, -0.05) is 18.2 Å². The number of hydrogen-bond acceptors (Lipinski definition) is 4. The molecule has 120 valence electrons. The molecule has 0 bridgehead atoms. The summed E-state index contributed by atoms with van der Waals surface area (Å²) in [5, 5.41) is 11.7. The Balaban J connectivity index is 1.68. The summed E-state index contributed by atoms with van der Waals surface area (Å²) in [4.78, 5) is 29.2. The number of phenols is 1. The number of nitrogens with zero attached hydrogens (tertiary/aromatic N) is 2. The lowest BCUT2D eigenvalue weighted by atomic mass is 10.1. The second kappa shape index (κ2) is 6.83. The van der Waals surface area contributed by atoms with Crippen molar-refractivity contribution in [2.75, 3.05) is 26.2 Å². The van der Waals surface area contributed by atoms with Crippen molar-refractivity contribution in [2.24, 2.45) is 0 Å². The van der Waals surface area contributed by atoms with Gasteiger partial charge in [-0.2, -0.15) is 0 Å². The minimum atomic E-state index is -0.187. The Morgan fingerprint density at radius 2 is 1.61 bits per heavy atom. The Morgan fingerprint density at radius 1 is 0.913 bits per heavy atom. The summed E-state index contributed by atoms with van der Waals surface area (Å²) < 4.78 is 0. The molecule has 0 saturated carbocycles. The fourth-order valence-corrected chi connectivity index (χ4v) is 3.40. The van der Waals surface area contributed by atoms with Crippen molar-refractivity contribution in [3.05, 3.63) is 52.2 Å². The first-order valence-electron chi connectivity index (χ1n) is 7.57. The lowest BCUT2D eigenvalue weighted by Crippen LogP contribution is -2.37. The Morgan fingerprint density at radius 3 is 2.26 bits per heavy atom. The van der Waals surface area contributed by atoms with Crippen LogP contribution in [0.5, 0.6) is 5.75 Å². The molecule has 2 heterocycles. The van der Waals surface area contributed by atoms with Crippen LogP contribution in [0.2, 0.25) is 0 Å². The van der Waals surface area contributed by atoms with Gasteiger partial charge in [0.25, 0.3) is 11.8 Å². The number of benzene rings is 1. The van der Waals surface area contributed by atoms with Crippen LogP contribution < -0.4 is 0 Å². The largest absolute Gasteiger partial charge is 0.507 e. The number of para-hydroxylation sites is 1. The van der Waals surface area contributed by atoms with Gasteiger partial charge in [0.15, 0.2) is 0 Å².